The number of carbonyl (C=O) groups excluding carboxylic acids is 1. The first-order valence-corrected chi connectivity index (χ1v) is 10.2. The fourth-order valence-corrected chi connectivity index (χ4v) is 3.42. The molecule has 3 rings (SSSR count). The van der Waals surface area contributed by atoms with Crippen LogP contribution in [0.5, 0.6) is 0 Å². The summed E-state index contributed by atoms with van der Waals surface area (Å²) in [5.74, 6) is 0.486. The van der Waals surface area contributed by atoms with Crippen LogP contribution in [-0.2, 0) is 20.9 Å². The van der Waals surface area contributed by atoms with Crippen LogP contribution >= 0.6 is 11.6 Å². The van der Waals surface area contributed by atoms with Gasteiger partial charge in [0.05, 0.1) is 5.02 Å². The van der Waals surface area contributed by atoms with Gasteiger partial charge in [0.1, 0.15) is 18.2 Å². The summed E-state index contributed by atoms with van der Waals surface area (Å²) in [6.45, 7) is 3.69. The number of rotatable bonds is 6. The van der Waals surface area contributed by atoms with Crippen LogP contribution < -0.4 is 10.2 Å². The molecule has 0 radical (unpaired) electrons. The lowest BCUT2D eigenvalue weighted by molar-refractivity contribution is -0.123. The lowest BCUT2D eigenvalue weighted by Crippen LogP contribution is -2.42. The van der Waals surface area contributed by atoms with Gasteiger partial charge in [-0.15, -0.1) is 0 Å². The zero-order valence-electron chi connectivity index (χ0n) is 17.9. The van der Waals surface area contributed by atoms with Crippen molar-refractivity contribution in [2.24, 2.45) is 5.92 Å². The average Bonchev–Trinajstić information content (AvgIpc) is 3.18. The number of nitrogens with one attached hydrogen (secondary N) is 1. The van der Waals surface area contributed by atoms with Crippen molar-refractivity contribution >= 4 is 42.2 Å². The number of aromatic carboxylic acids is 1. The molecular formula is C20H26ClN5O7. The lowest BCUT2D eigenvalue weighted by atomic mass is 9.98. The smallest absolute Gasteiger partial charge is 0.356 e. The third-order valence-electron chi connectivity index (χ3n) is 4.70. The molecule has 0 spiro atoms. The molecule has 0 aliphatic carbocycles. The Morgan fingerprint density at radius 1 is 1.27 bits per heavy atom. The first-order valence-electron chi connectivity index (χ1n) is 9.82. The number of aromatic nitrogens is 3. The van der Waals surface area contributed by atoms with E-state index in [0.717, 1.165) is 25.2 Å². The second-order valence-corrected chi connectivity index (χ2v) is 7.28. The normalized spacial score (nSPS) is 14.6. The Bertz CT molecular complexity index is 931. The first-order chi connectivity index (χ1) is 15.8. The molecule has 13 heteroatoms. The van der Waals surface area contributed by atoms with E-state index in [4.69, 9.17) is 31.4 Å². The quantitative estimate of drug-likeness (QED) is 0.439. The minimum absolute atomic E-state index is 0.0500. The number of halogens is 1. The van der Waals surface area contributed by atoms with Crippen molar-refractivity contribution in [1.82, 2.24) is 19.9 Å². The summed E-state index contributed by atoms with van der Waals surface area (Å²) in [5, 5.41) is 26.1. The monoisotopic (exact) mass is 483 g/mol. The molecule has 1 saturated heterocycles. The molecule has 1 fully saturated rings. The van der Waals surface area contributed by atoms with Gasteiger partial charge in [-0.1, -0.05) is 11.6 Å². The fourth-order valence-electron chi connectivity index (χ4n) is 3.24. The van der Waals surface area contributed by atoms with Crippen LogP contribution in [-0.4, -0.2) is 74.3 Å². The van der Waals surface area contributed by atoms with Crippen LogP contribution in [0.2, 0.25) is 5.02 Å². The highest BCUT2D eigenvalue weighted by atomic mass is 35.5. The molecule has 1 unspecified atom stereocenters. The van der Waals surface area contributed by atoms with Crippen LogP contribution in [0.4, 0.5) is 5.82 Å². The molecule has 1 aliphatic heterocycles. The van der Waals surface area contributed by atoms with E-state index in [-0.39, 0.29) is 42.0 Å². The summed E-state index contributed by atoms with van der Waals surface area (Å²) in [6.07, 6.45) is 5.41. The summed E-state index contributed by atoms with van der Waals surface area (Å²) in [6, 6.07) is 3.30. The minimum Gasteiger partial charge on any atom is -0.483 e. The number of carboxylic acid groups (broad SMARTS) is 3. The highest BCUT2D eigenvalue weighted by Gasteiger charge is 2.23. The van der Waals surface area contributed by atoms with Gasteiger partial charge >= 0.3 is 5.97 Å². The maximum absolute atomic E-state index is 12.1. The van der Waals surface area contributed by atoms with Gasteiger partial charge in [-0.25, -0.2) is 14.8 Å². The number of hydrogen-bond donors (Lipinski definition) is 4. The number of pyridine rings is 1. The summed E-state index contributed by atoms with van der Waals surface area (Å²) < 4.78 is 1.80. The number of piperidine rings is 1. The molecular weight excluding hydrogens is 458 g/mol. The third kappa shape index (κ3) is 9.15. The van der Waals surface area contributed by atoms with E-state index in [1.807, 2.05) is 11.8 Å². The topological polar surface area (TPSA) is 175 Å². The lowest BCUT2D eigenvalue weighted by Gasteiger charge is -2.33. The van der Waals surface area contributed by atoms with Gasteiger partial charge in [0.15, 0.2) is 5.69 Å². The number of nitrogens with zero attached hydrogens (tertiary/aromatic N) is 4. The SMILES string of the molecule is Cc1nccn1CC(=O)NCC1CCCN(c2ccc(Cl)c(C(=O)O)n2)C1.O=CO.O=CO. The molecule has 1 amide bonds. The highest BCUT2D eigenvalue weighted by Crippen LogP contribution is 2.24. The Hall–Kier alpha value is -3.67. The van der Waals surface area contributed by atoms with Crippen molar-refractivity contribution in [3.05, 3.63) is 41.1 Å². The first kappa shape index (κ1) is 27.4. The number of aryl methyl sites for hydroxylation is 1. The van der Waals surface area contributed by atoms with Gasteiger partial charge in [-0.2, -0.15) is 0 Å². The van der Waals surface area contributed by atoms with Crippen LogP contribution in [0.3, 0.4) is 0 Å². The highest BCUT2D eigenvalue weighted by molar-refractivity contribution is 6.33. The van der Waals surface area contributed by atoms with E-state index >= 15 is 0 Å². The van der Waals surface area contributed by atoms with Crippen molar-refractivity contribution in [2.75, 3.05) is 24.5 Å². The largest absolute Gasteiger partial charge is 0.483 e. The Balaban J connectivity index is 0.000000819. The molecule has 0 bridgehead atoms. The molecule has 1 atom stereocenters. The maximum atomic E-state index is 12.1. The number of carbonyl (C=O) groups is 4. The number of anilines is 1. The van der Waals surface area contributed by atoms with Gasteiger partial charge in [0.2, 0.25) is 5.91 Å². The van der Waals surface area contributed by atoms with E-state index in [0.29, 0.717) is 18.9 Å². The Kier molecular flexibility index (Phi) is 11.9. The van der Waals surface area contributed by atoms with Crippen LogP contribution in [0.1, 0.15) is 29.2 Å². The Morgan fingerprint density at radius 3 is 2.52 bits per heavy atom. The standard InChI is InChI=1S/C18H22ClN5O3.2CH2O2/c1-12-20-6-8-23(12)11-16(25)21-9-13-3-2-7-24(10-13)15-5-4-14(19)17(22-15)18(26)27;2*2-1-3/h4-6,8,13H,2-3,7,9-11H2,1H3,(H,21,25)(H,26,27);2*1H,(H,2,3). The van der Waals surface area contributed by atoms with Gasteiger partial charge in [-0.3, -0.25) is 14.4 Å². The summed E-state index contributed by atoms with van der Waals surface area (Å²) in [7, 11) is 0. The molecule has 3 heterocycles. The zero-order valence-corrected chi connectivity index (χ0v) is 18.7. The molecule has 0 saturated carbocycles. The summed E-state index contributed by atoms with van der Waals surface area (Å²) >= 11 is 5.90. The predicted molar refractivity (Wildman–Crippen MR) is 119 cm³/mol. The van der Waals surface area contributed by atoms with Crippen LogP contribution in [0.15, 0.2) is 24.5 Å². The van der Waals surface area contributed by atoms with Crippen molar-refractivity contribution in [3.63, 3.8) is 0 Å². The van der Waals surface area contributed by atoms with Crippen LogP contribution in [0, 0.1) is 12.8 Å². The molecule has 12 nitrogen and oxygen atoms in total. The van der Waals surface area contributed by atoms with Crippen molar-refractivity contribution in [2.45, 2.75) is 26.3 Å². The van der Waals surface area contributed by atoms with Crippen molar-refractivity contribution in [3.8, 4) is 0 Å². The number of imidazole rings is 1. The molecule has 33 heavy (non-hydrogen) atoms. The number of carboxylic acids is 1. The minimum atomic E-state index is -1.14. The summed E-state index contributed by atoms with van der Waals surface area (Å²) in [5.41, 5.74) is -0.139. The Morgan fingerprint density at radius 2 is 1.94 bits per heavy atom. The molecule has 4 N–H and O–H groups in total. The Labute approximate surface area is 194 Å². The van der Waals surface area contributed by atoms with Gasteiger partial charge in [0, 0.05) is 32.0 Å². The molecule has 180 valence electrons. The fraction of sp³-hybridized carbons (Fsp3) is 0.400. The second-order valence-electron chi connectivity index (χ2n) is 6.88. The number of amides is 1. The number of hydrogen-bond acceptors (Lipinski definition) is 7. The summed E-state index contributed by atoms with van der Waals surface area (Å²) in [4.78, 5) is 50.4. The van der Waals surface area contributed by atoms with Gasteiger partial charge in [0.25, 0.3) is 12.9 Å². The predicted octanol–water partition coefficient (Wildman–Crippen LogP) is 1.37. The van der Waals surface area contributed by atoms with E-state index in [2.05, 4.69) is 15.3 Å². The van der Waals surface area contributed by atoms with E-state index in [9.17, 15) is 14.7 Å². The average molecular weight is 484 g/mol. The van der Waals surface area contributed by atoms with Crippen molar-refractivity contribution < 1.29 is 34.5 Å². The van der Waals surface area contributed by atoms with E-state index in [1.165, 1.54) is 0 Å². The molecule has 2 aromatic rings. The van der Waals surface area contributed by atoms with Crippen molar-refractivity contribution in [1.29, 1.82) is 0 Å². The van der Waals surface area contributed by atoms with E-state index in [1.54, 1.807) is 29.1 Å². The second kappa shape index (κ2) is 14.4. The molecule has 0 aromatic carbocycles. The van der Waals surface area contributed by atoms with Gasteiger partial charge < -0.3 is 30.1 Å². The molecule has 1 aliphatic rings. The van der Waals surface area contributed by atoms with Gasteiger partial charge in [-0.05, 0) is 37.8 Å². The van der Waals surface area contributed by atoms with E-state index < -0.39 is 5.97 Å². The third-order valence-corrected chi connectivity index (χ3v) is 5.01. The maximum Gasteiger partial charge on any atom is 0.356 e. The molecule has 2 aromatic heterocycles. The van der Waals surface area contributed by atoms with Crippen LogP contribution in [0.25, 0.3) is 0 Å². The zero-order chi connectivity index (χ0) is 24.8.